The average molecular weight is 267 g/mol. The topological polar surface area (TPSA) is 104 Å². The van der Waals surface area contributed by atoms with Gasteiger partial charge in [-0.05, 0) is 11.4 Å². The van der Waals surface area contributed by atoms with E-state index in [0.717, 1.165) is 11.3 Å². The van der Waals surface area contributed by atoms with Gasteiger partial charge in [0, 0.05) is 6.07 Å². The summed E-state index contributed by atoms with van der Waals surface area (Å²) in [7, 11) is 0. The third-order valence-corrected chi connectivity index (χ3v) is 2.87. The molecular weight excluding hydrogens is 258 g/mol. The fourth-order valence-electron chi connectivity index (χ4n) is 1.22. The number of aromatic nitrogens is 1. The van der Waals surface area contributed by atoms with Gasteiger partial charge in [0.15, 0.2) is 5.76 Å². The number of carbonyl (C=O) groups is 2. The second-order valence-electron chi connectivity index (χ2n) is 3.25. The number of hydrogen-bond donors (Lipinski definition) is 3. The van der Waals surface area contributed by atoms with Crippen molar-refractivity contribution in [2.24, 2.45) is 0 Å². The number of carboxylic acid groups (broad SMARTS) is 1. The quantitative estimate of drug-likeness (QED) is 0.782. The monoisotopic (exact) mass is 267 g/mol. The van der Waals surface area contributed by atoms with Gasteiger partial charge in [0.1, 0.15) is 5.00 Å². The van der Waals surface area contributed by atoms with Gasteiger partial charge in [-0.25, -0.2) is 9.59 Å². The first-order valence-corrected chi connectivity index (χ1v) is 5.80. The average Bonchev–Trinajstić information content (AvgIpc) is 2.96. The summed E-state index contributed by atoms with van der Waals surface area (Å²) in [5.74, 6) is -0.573. The van der Waals surface area contributed by atoms with Gasteiger partial charge in [0.05, 0.1) is 18.3 Å². The first kappa shape index (κ1) is 12.1. The van der Waals surface area contributed by atoms with Crippen molar-refractivity contribution in [2.75, 3.05) is 5.32 Å². The smallest absolute Gasteiger partial charge is 0.338 e. The summed E-state index contributed by atoms with van der Waals surface area (Å²) in [5, 5.41) is 19.2. The number of hydrogen-bond acceptors (Lipinski definition) is 5. The van der Waals surface area contributed by atoms with Crippen LogP contribution in [0.25, 0.3) is 0 Å². The standard InChI is InChI=1S/C10H9N3O4S/c14-9(15)7-2-4-18-8(7)13-10(16)11-5-6-1-3-12-17-6/h1-4H,5H2,(H,14,15)(H2,11,13,16). The van der Waals surface area contributed by atoms with E-state index in [0.29, 0.717) is 5.76 Å². The molecule has 0 aliphatic rings. The Morgan fingerprint density at radius 3 is 2.94 bits per heavy atom. The molecule has 2 amide bonds. The van der Waals surface area contributed by atoms with E-state index in [-0.39, 0.29) is 17.1 Å². The summed E-state index contributed by atoms with van der Waals surface area (Å²) in [5.41, 5.74) is 0.0646. The highest BCUT2D eigenvalue weighted by atomic mass is 32.1. The van der Waals surface area contributed by atoms with Gasteiger partial charge in [-0.2, -0.15) is 0 Å². The molecule has 0 fully saturated rings. The number of nitrogens with zero attached hydrogens (tertiary/aromatic N) is 1. The van der Waals surface area contributed by atoms with Gasteiger partial charge in [0.25, 0.3) is 0 Å². The number of rotatable bonds is 4. The Kier molecular flexibility index (Phi) is 3.58. The molecule has 2 aromatic rings. The molecule has 0 radical (unpaired) electrons. The lowest BCUT2D eigenvalue weighted by Gasteiger charge is -2.04. The zero-order chi connectivity index (χ0) is 13.0. The molecule has 2 rings (SSSR count). The first-order chi connectivity index (χ1) is 8.66. The van der Waals surface area contributed by atoms with Crippen molar-refractivity contribution >= 4 is 28.3 Å². The molecule has 18 heavy (non-hydrogen) atoms. The zero-order valence-corrected chi connectivity index (χ0v) is 9.86. The second-order valence-corrected chi connectivity index (χ2v) is 4.17. The number of amides is 2. The molecule has 0 bridgehead atoms. The maximum atomic E-state index is 11.5. The van der Waals surface area contributed by atoms with E-state index >= 15 is 0 Å². The summed E-state index contributed by atoms with van der Waals surface area (Å²) >= 11 is 1.14. The predicted molar refractivity (Wildman–Crippen MR) is 63.6 cm³/mol. The van der Waals surface area contributed by atoms with Crippen LogP contribution in [0.2, 0.25) is 0 Å². The predicted octanol–water partition coefficient (Wildman–Crippen LogP) is 1.76. The Morgan fingerprint density at radius 1 is 1.44 bits per heavy atom. The number of anilines is 1. The first-order valence-electron chi connectivity index (χ1n) is 4.92. The highest BCUT2D eigenvalue weighted by Gasteiger charge is 2.13. The van der Waals surface area contributed by atoms with Crippen molar-refractivity contribution < 1.29 is 19.2 Å². The van der Waals surface area contributed by atoms with Gasteiger partial charge in [0.2, 0.25) is 0 Å². The SMILES string of the molecule is O=C(NCc1ccno1)Nc1sccc1C(=O)O. The molecule has 94 valence electrons. The lowest BCUT2D eigenvalue weighted by molar-refractivity contribution is 0.0698. The second kappa shape index (κ2) is 5.32. The number of aromatic carboxylic acids is 1. The van der Waals surface area contributed by atoms with E-state index in [1.54, 1.807) is 11.4 Å². The van der Waals surface area contributed by atoms with Crippen molar-refractivity contribution in [3.63, 3.8) is 0 Å². The summed E-state index contributed by atoms with van der Waals surface area (Å²) in [6, 6.07) is 2.55. The van der Waals surface area contributed by atoms with Crippen molar-refractivity contribution in [3.8, 4) is 0 Å². The molecule has 0 saturated carbocycles. The summed E-state index contributed by atoms with van der Waals surface area (Å²) in [6.45, 7) is 0.180. The zero-order valence-electron chi connectivity index (χ0n) is 9.04. The normalized spacial score (nSPS) is 10.0. The third kappa shape index (κ3) is 2.86. The highest BCUT2D eigenvalue weighted by molar-refractivity contribution is 7.14. The molecule has 0 aromatic carbocycles. The Bertz CT molecular complexity index is 549. The van der Waals surface area contributed by atoms with Crippen molar-refractivity contribution in [1.82, 2.24) is 10.5 Å². The van der Waals surface area contributed by atoms with Crippen LogP contribution in [0.15, 0.2) is 28.2 Å². The van der Waals surface area contributed by atoms with Crippen LogP contribution in [0.5, 0.6) is 0 Å². The maximum absolute atomic E-state index is 11.5. The van der Waals surface area contributed by atoms with Crippen LogP contribution in [0, 0.1) is 0 Å². The molecule has 7 nitrogen and oxygen atoms in total. The summed E-state index contributed by atoms with van der Waals surface area (Å²) in [4.78, 5) is 22.3. The Morgan fingerprint density at radius 2 is 2.28 bits per heavy atom. The number of carboxylic acids is 1. The maximum Gasteiger partial charge on any atom is 0.338 e. The van der Waals surface area contributed by atoms with E-state index in [2.05, 4.69) is 15.8 Å². The van der Waals surface area contributed by atoms with Gasteiger partial charge in [-0.15, -0.1) is 11.3 Å². The van der Waals surface area contributed by atoms with Crippen molar-refractivity contribution in [2.45, 2.75) is 6.54 Å². The van der Waals surface area contributed by atoms with E-state index in [9.17, 15) is 9.59 Å². The van der Waals surface area contributed by atoms with Crippen LogP contribution in [0.3, 0.4) is 0 Å². The fourth-order valence-corrected chi connectivity index (χ4v) is 2.00. The van der Waals surface area contributed by atoms with Crippen LogP contribution in [0.4, 0.5) is 9.80 Å². The van der Waals surface area contributed by atoms with Crippen LogP contribution >= 0.6 is 11.3 Å². The number of nitrogens with one attached hydrogen (secondary N) is 2. The molecule has 8 heteroatoms. The van der Waals surface area contributed by atoms with Gasteiger partial charge >= 0.3 is 12.0 Å². The molecule has 0 saturated heterocycles. The summed E-state index contributed by atoms with van der Waals surface area (Å²) in [6.07, 6.45) is 1.47. The van der Waals surface area contributed by atoms with Crippen molar-refractivity contribution in [1.29, 1.82) is 0 Å². The molecule has 0 unspecified atom stereocenters. The van der Waals surface area contributed by atoms with Crippen LogP contribution < -0.4 is 10.6 Å². The fraction of sp³-hybridized carbons (Fsp3) is 0.100. The number of thiophene rings is 1. The molecule has 0 aliphatic carbocycles. The number of urea groups is 1. The molecule has 0 atom stereocenters. The van der Waals surface area contributed by atoms with Crippen LogP contribution in [-0.2, 0) is 6.54 Å². The summed E-state index contributed by atoms with van der Waals surface area (Å²) < 4.78 is 4.80. The lowest BCUT2D eigenvalue weighted by atomic mass is 10.3. The van der Waals surface area contributed by atoms with E-state index in [4.69, 9.17) is 9.63 Å². The van der Waals surface area contributed by atoms with E-state index in [1.807, 2.05) is 0 Å². The number of carbonyl (C=O) groups excluding carboxylic acids is 1. The van der Waals surface area contributed by atoms with Crippen LogP contribution in [0.1, 0.15) is 16.1 Å². The molecule has 2 heterocycles. The Hall–Kier alpha value is -2.35. The molecular formula is C10H9N3O4S. The minimum Gasteiger partial charge on any atom is -0.478 e. The van der Waals surface area contributed by atoms with Gasteiger partial charge in [-0.1, -0.05) is 5.16 Å². The largest absolute Gasteiger partial charge is 0.478 e. The van der Waals surface area contributed by atoms with E-state index < -0.39 is 12.0 Å². The van der Waals surface area contributed by atoms with Gasteiger partial charge in [-0.3, -0.25) is 5.32 Å². The van der Waals surface area contributed by atoms with Gasteiger partial charge < -0.3 is 14.9 Å². The van der Waals surface area contributed by atoms with Crippen LogP contribution in [-0.4, -0.2) is 22.3 Å². The van der Waals surface area contributed by atoms with E-state index in [1.165, 1.54) is 12.3 Å². The third-order valence-electron chi connectivity index (χ3n) is 2.04. The van der Waals surface area contributed by atoms with Crippen molar-refractivity contribution in [3.05, 3.63) is 35.0 Å². The molecule has 2 aromatic heterocycles. The highest BCUT2D eigenvalue weighted by Crippen LogP contribution is 2.22. The molecule has 3 N–H and O–H groups in total. The Labute approximate surface area is 105 Å². The molecule has 0 spiro atoms. The minimum absolute atomic E-state index is 0.0646. The minimum atomic E-state index is -1.08. The lowest BCUT2D eigenvalue weighted by Crippen LogP contribution is -2.28. The Balaban J connectivity index is 1.91. The molecule has 0 aliphatic heterocycles.